The zero-order valence-electron chi connectivity index (χ0n) is 17.6. The summed E-state index contributed by atoms with van der Waals surface area (Å²) in [4.78, 5) is 43.9. The second-order valence-corrected chi connectivity index (χ2v) is 7.72. The smallest absolute Gasteiger partial charge is 0.323 e. The maximum Gasteiger partial charge on any atom is 0.323 e. The minimum atomic E-state index is -0.269. The van der Waals surface area contributed by atoms with E-state index in [0.717, 1.165) is 0 Å². The van der Waals surface area contributed by atoms with Crippen molar-refractivity contribution in [1.29, 1.82) is 0 Å². The summed E-state index contributed by atoms with van der Waals surface area (Å²) in [5, 5.41) is 7.69. The van der Waals surface area contributed by atoms with Crippen molar-refractivity contribution in [3.8, 4) is 11.5 Å². The molecule has 1 aromatic carbocycles. The molecule has 3 rings (SSSR count). The molecule has 0 atom stereocenters. The fourth-order valence-corrected chi connectivity index (χ4v) is 3.81. The highest BCUT2D eigenvalue weighted by molar-refractivity contribution is 7.13. The van der Waals surface area contributed by atoms with Gasteiger partial charge in [-0.15, -0.1) is 11.3 Å². The Morgan fingerprint density at radius 3 is 2.42 bits per heavy atom. The second-order valence-electron chi connectivity index (χ2n) is 6.86. The van der Waals surface area contributed by atoms with E-state index < -0.39 is 0 Å². The molecule has 1 fully saturated rings. The van der Waals surface area contributed by atoms with Gasteiger partial charge in [0, 0.05) is 44.5 Å². The molecule has 2 N–H and O–H groups in total. The molecule has 10 nitrogen and oxygen atoms in total. The van der Waals surface area contributed by atoms with Crippen LogP contribution in [0.2, 0.25) is 0 Å². The first kappa shape index (κ1) is 22.3. The van der Waals surface area contributed by atoms with Crippen LogP contribution in [-0.2, 0) is 16.0 Å². The highest BCUT2D eigenvalue weighted by atomic mass is 32.1. The normalized spacial score (nSPS) is 13.5. The van der Waals surface area contributed by atoms with E-state index in [1.165, 1.54) is 25.4 Å². The lowest BCUT2D eigenvalue weighted by molar-refractivity contribution is -0.130. The second kappa shape index (κ2) is 10.1. The third-order valence-electron chi connectivity index (χ3n) is 4.80. The molecule has 2 heterocycles. The van der Waals surface area contributed by atoms with Crippen molar-refractivity contribution in [2.75, 3.05) is 51.0 Å². The number of carbonyl (C=O) groups is 3. The number of nitrogens with one attached hydrogen (secondary N) is 2. The van der Waals surface area contributed by atoms with Gasteiger partial charge in [-0.25, -0.2) is 9.78 Å². The van der Waals surface area contributed by atoms with Crippen molar-refractivity contribution >= 4 is 40.0 Å². The molecular weight excluding hydrogens is 422 g/mol. The Morgan fingerprint density at radius 1 is 1.06 bits per heavy atom. The number of carbonyl (C=O) groups excluding carboxylic acids is 3. The molecule has 0 radical (unpaired) electrons. The SMILES string of the molecule is COc1ccc(OC)c(NC(=O)Cc2csc(NC(=O)N3CCN(C(C)=O)CC3)n2)c1. The van der Waals surface area contributed by atoms with Crippen molar-refractivity contribution in [2.45, 2.75) is 13.3 Å². The number of nitrogens with zero attached hydrogens (tertiary/aromatic N) is 3. The molecular formula is C20H25N5O5S. The molecule has 4 amide bonds. The Balaban J connectivity index is 1.53. The Labute approximate surface area is 184 Å². The molecule has 1 aromatic heterocycles. The minimum absolute atomic E-state index is 0.00877. The monoisotopic (exact) mass is 447 g/mol. The van der Waals surface area contributed by atoms with Gasteiger partial charge in [0.25, 0.3) is 0 Å². The van der Waals surface area contributed by atoms with E-state index in [1.807, 2.05) is 0 Å². The minimum Gasteiger partial charge on any atom is -0.497 e. The highest BCUT2D eigenvalue weighted by Gasteiger charge is 2.23. The molecule has 1 saturated heterocycles. The van der Waals surface area contributed by atoms with E-state index in [4.69, 9.17) is 9.47 Å². The molecule has 1 aliphatic heterocycles. The Kier molecular flexibility index (Phi) is 7.29. The van der Waals surface area contributed by atoms with Gasteiger partial charge in [-0.2, -0.15) is 0 Å². The van der Waals surface area contributed by atoms with Crippen molar-refractivity contribution in [2.24, 2.45) is 0 Å². The molecule has 11 heteroatoms. The van der Waals surface area contributed by atoms with Crippen LogP contribution < -0.4 is 20.1 Å². The summed E-state index contributed by atoms with van der Waals surface area (Å²) < 4.78 is 10.4. The molecule has 166 valence electrons. The van der Waals surface area contributed by atoms with Gasteiger partial charge >= 0.3 is 6.03 Å². The van der Waals surface area contributed by atoms with Crippen LogP contribution in [0.25, 0.3) is 0 Å². The molecule has 2 aromatic rings. The molecule has 0 spiro atoms. The van der Waals surface area contributed by atoms with Gasteiger partial charge in [-0.05, 0) is 12.1 Å². The summed E-state index contributed by atoms with van der Waals surface area (Å²) in [6.45, 7) is 3.48. The van der Waals surface area contributed by atoms with Crippen LogP contribution in [-0.4, -0.2) is 73.0 Å². The molecule has 1 aliphatic rings. The maximum atomic E-state index is 12.4. The Bertz CT molecular complexity index is 955. The lowest BCUT2D eigenvalue weighted by atomic mass is 10.2. The zero-order valence-corrected chi connectivity index (χ0v) is 18.5. The number of rotatable bonds is 6. The van der Waals surface area contributed by atoms with Crippen LogP contribution in [0.5, 0.6) is 11.5 Å². The van der Waals surface area contributed by atoms with Gasteiger partial charge in [0.1, 0.15) is 11.5 Å². The average Bonchev–Trinajstić information content (AvgIpc) is 3.20. The van der Waals surface area contributed by atoms with Crippen LogP contribution in [0.15, 0.2) is 23.6 Å². The van der Waals surface area contributed by atoms with Crippen LogP contribution in [0.1, 0.15) is 12.6 Å². The van der Waals surface area contributed by atoms with Gasteiger partial charge in [-0.1, -0.05) is 0 Å². The van der Waals surface area contributed by atoms with Crippen molar-refractivity contribution in [3.05, 3.63) is 29.3 Å². The number of hydrogen-bond acceptors (Lipinski definition) is 7. The molecule has 31 heavy (non-hydrogen) atoms. The van der Waals surface area contributed by atoms with E-state index >= 15 is 0 Å². The van der Waals surface area contributed by atoms with Crippen LogP contribution >= 0.6 is 11.3 Å². The molecule has 0 bridgehead atoms. The number of methoxy groups -OCH3 is 2. The van der Waals surface area contributed by atoms with E-state index in [1.54, 1.807) is 40.5 Å². The Morgan fingerprint density at radius 2 is 1.77 bits per heavy atom. The zero-order chi connectivity index (χ0) is 22.4. The summed E-state index contributed by atoms with van der Waals surface area (Å²) in [6.07, 6.45) is 0.0457. The number of anilines is 2. The lowest BCUT2D eigenvalue weighted by Gasteiger charge is -2.33. The van der Waals surface area contributed by atoms with Crippen molar-refractivity contribution < 1.29 is 23.9 Å². The summed E-state index contributed by atoms with van der Waals surface area (Å²) in [6, 6.07) is 4.86. The molecule has 0 unspecified atom stereocenters. The number of ether oxygens (including phenoxy) is 2. The van der Waals surface area contributed by atoms with Gasteiger partial charge in [0.2, 0.25) is 11.8 Å². The number of urea groups is 1. The Hall–Kier alpha value is -3.34. The quantitative estimate of drug-likeness (QED) is 0.701. The fraction of sp³-hybridized carbons (Fsp3) is 0.400. The summed E-state index contributed by atoms with van der Waals surface area (Å²) >= 11 is 1.25. The van der Waals surface area contributed by atoms with E-state index in [-0.39, 0.29) is 24.3 Å². The van der Waals surface area contributed by atoms with E-state index in [0.29, 0.717) is 54.2 Å². The van der Waals surface area contributed by atoms with Crippen LogP contribution in [0, 0.1) is 0 Å². The summed E-state index contributed by atoms with van der Waals surface area (Å²) in [7, 11) is 3.06. The number of thiazole rings is 1. The number of amides is 4. The lowest BCUT2D eigenvalue weighted by Crippen LogP contribution is -2.51. The molecule has 0 saturated carbocycles. The third-order valence-corrected chi connectivity index (χ3v) is 5.61. The van der Waals surface area contributed by atoms with Crippen LogP contribution in [0.4, 0.5) is 15.6 Å². The summed E-state index contributed by atoms with van der Waals surface area (Å²) in [5.74, 6) is 0.855. The van der Waals surface area contributed by atoms with Crippen LogP contribution in [0.3, 0.4) is 0 Å². The fourth-order valence-electron chi connectivity index (χ4n) is 3.11. The first-order chi connectivity index (χ1) is 14.9. The predicted molar refractivity (Wildman–Crippen MR) is 117 cm³/mol. The summed E-state index contributed by atoms with van der Waals surface area (Å²) in [5.41, 5.74) is 1.04. The van der Waals surface area contributed by atoms with Gasteiger partial charge in [-0.3, -0.25) is 14.9 Å². The van der Waals surface area contributed by atoms with Gasteiger partial charge in [0.05, 0.1) is 32.0 Å². The maximum absolute atomic E-state index is 12.4. The highest BCUT2D eigenvalue weighted by Crippen LogP contribution is 2.29. The number of hydrogen-bond donors (Lipinski definition) is 2. The standard InChI is InChI=1S/C20H25N5O5S/c1-13(26)24-6-8-25(9-7-24)20(28)23-19-21-14(12-31-19)10-18(27)22-16-11-15(29-2)4-5-17(16)30-3/h4-5,11-12H,6-10H2,1-3H3,(H,22,27)(H,21,23,28). The van der Waals surface area contributed by atoms with Gasteiger partial charge in [0.15, 0.2) is 5.13 Å². The van der Waals surface area contributed by atoms with Gasteiger partial charge < -0.3 is 24.6 Å². The number of piperazine rings is 1. The molecule has 0 aliphatic carbocycles. The average molecular weight is 448 g/mol. The predicted octanol–water partition coefficient (Wildman–Crippen LogP) is 2.04. The van der Waals surface area contributed by atoms with Crippen molar-refractivity contribution in [3.63, 3.8) is 0 Å². The first-order valence-corrected chi connectivity index (χ1v) is 10.5. The number of aromatic nitrogens is 1. The largest absolute Gasteiger partial charge is 0.497 e. The first-order valence-electron chi connectivity index (χ1n) is 9.67. The van der Waals surface area contributed by atoms with E-state index in [9.17, 15) is 14.4 Å². The van der Waals surface area contributed by atoms with Crippen molar-refractivity contribution in [1.82, 2.24) is 14.8 Å². The van der Waals surface area contributed by atoms with E-state index in [2.05, 4.69) is 15.6 Å². The third kappa shape index (κ3) is 5.85. The number of benzene rings is 1. The topological polar surface area (TPSA) is 113 Å².